The first kappa shape index (κ1) is 14.6. The van der Waals surface area contributed by atoms with Crippen molar-refractivity contribution in [3.8, 4) is 5.75 Å². The molecule has 4 N–H and O–H groups in total. The molecule has 0 radical (unpaired) electrons. The summed E-state index contributed by atoms with van der Waals surface area (Å²) >= 11 is 0. The van der Waals surface area contributed by atoms with Crippen LogP contribution >= 0.6 is 0 Å². The maximum atomic E-state index is 12.2. The molecule has 0 aliphatic carbocycles. The third-order valence-corrected chi connectivity index (χ3v) is 3.53. The topological polar surface area (TPSA) is 96.7 Å². The van der Waals surface area contributed by atoms with Gasteiger partial charge in [-0.1, -0.05) is 30.3 Å². The summed E-state index contributed by atoms with van der Waals surface area (Å²) in [5.41, 5.74) is 4.05. The molecule has 1 amide bonds. The minimum Gasteiger partial charge on any atom is -0.510 e. The van der Waals surface area contributed by atoms with Crippen LogP contribution in [-0.2, 0) is 0 Å². The Bertz CT molecular complexity index is 782. The standard InChI is InChI=1S/C17H15N3O3/c18-16-15(11-4-2-1-3-5-11)14(22)10-20(16)19-17(23)12-6-8-13(21)9-7-12/h1-9,18,21-22H,10H2,(H,19,23). The lowest BCUT2D eigenvalue weighted by molar-refractivity contribution is 0.0874. The third-order valence-electron chi connectivity index (χ3n) is 3.53. The van der Waals surface area contributed by atoms with E-state index < -0.39 is 5.91 Å². The number of benzene rings is 2. The highest BCUT2D eigenvalue weighted by molar-refractivity contribution is 6.24. The number of rotatable bonds is 3. The summed E-state index contributed by atoms with van der Waals surface area (Å²) in [7, 11) is 0. The first-order chi connectivity index (χ1) is 11.1. The molecular weight excluding hydrogens is 294 g/mol. The van der Waals surface area contributed by atoms with Crippen LogP contribution in [0.25, 0.3) is 5.57 Å². The van der Waals surface area contributed by atoms with E-state index in [4.69, 9.17) is 5.41 Å². The SMILES string of the molecule is N=C1C(c2ccccc2)=C(O)CN1NC(=O)c1ccc(O)cc1. The maximum absolute atomic E-state index is 12.2. The van der Waals surface area contributed by atoms with Crippen LogP contribution in [0.4, 0.5) is 0 Å². The molecule has 0 fully saturated rings. The molecule has 3 rings (SSSR count). The van der Waals surface area contributed by atoms with E-state index in [1.807, 2.05) is 18.2 Å². The van der Waals surface area contributed by atoms with Gasteiger partial charge in [-0.15, -0.1) is 0 Å². The normalized spacial score (nSPS) is 14.3. The van der Waals surface area contributed by atoms with Crippen molar-refractivity contribution in [2.24, 2.45) is 0 Å². The summed E-state index contributed by atoms with van der Waals surface area (Å²) in [6.07, 6.45) is 0. The fourth-order valence-electron chi connectivity index (χ4n) is 2.38. The van der Waals surface area contributed by atoms with Crippen LogP contribution in [0, 0.1) is 5.41 Å². The van der Waals surface area contributed by atoms with Gasteiger partial charge in [0.15, 0.2) is 5.84 Å². The van der Waals surface area contributed by atoms with E-state index >= 15 is 0 Å². The minimum absolute atomic E-state index is 0.0285. The Morgan fingerprint density at radius 2 is 1.70 bits per heavy atom. The highest BCUT2D eigenvalue weighted by Crippen LogP contribution is 2.26. The van der Waals surface area contributed by atoms with Gasteiger partial charge in [-0.2, -0.15) is 0 Å². The van der Waals surface area contributed by atoms with Crippen LogP contribution in [0.15, 0.2) is 60.4 Å². The van der Waals surface area contributed by atoms with Gasteiger partial charge >= 0.3 is 0 Å². The number of phenolic OH excluding ortho intramolecular Hbond substituents is 1. The Morgan fingerprint density at radius 3 is 2.35 bits per heavy atom. The van der Waals surface area contributed by atoms with Crippen LogP contribution in [0.5, 0.6) is 5.75 Å². The van der Waals surface area contributed by atoms with Gasteiger partial charge in [0, 0.05) is 5.56 Å². The number of phenols is 1. The van der Waals surface area contributed by atoms with E-state index in [1.165, 1.54) is 29.3 Å². The number of amidine groups is 1. The third kappa shape index (κ3) is 2.87. The number of hydrogen-bond donors (Lipinski definition) is 4. The fourth-order valence-corrected chi connectivity index (χ4v) is 2.38. The lowest BCUT2D eigenvalue weighted by atomic mass is 10.1. The predicted molar refractivity (Wildman–Crippen MR) is 86.0 cm³/mol. The number of aliphatic hydroxyl groups is 1. The number of carbonyl (C=O) groups excluding carboxylic acids is 1. The summed E-state index contributed by atoms with van der Waals surface area (Å²) < 4.78 is 0. The molecule has 0 saturated heterocycles. The second-order valence-corrected chi connectivity index (χ2v) is 5.11. The first-order valence-corrected chi connectivity index (χ1v) is 7.00. The largest absolute Gasteiger partial charge is 0.510 e. The van der Waals surface area contributed by atoms with Crippen LogP contribution in [0.2, 0.25) is 0 Å². The molecule has 6 nitrogen and oxygen atoms in total. The quantitative estimate of drug-likeness (QED) is 0.699. The van der Waals surface area contributed by atoms with Gasteiger partial charge in [-0.25, -0.2) is 0 Å². The average Bonchev–Trinajstić information content (AvgIpc) is 2.82. The number of hydrogen-bond acceptors (Lipinski definition) is 4. The smallest absolute Gasteiger partial charge is 0.269 e. The molecule has 116 valence electrons. The van der Waals surface area contributed by atoms with E-state index in [0.29, 0.717) is 11.1 Å². The number of hydrazine groups is 1. The number of aromatic hydroxyl groups is 1. The Kier molecular flexibility index (Phi) is 3.72. The Morgan fingerprint density at radius 1 is 1.04 bits per heavy atom. The number of amides is 1. The second-order valence-electron chi connectivity index (χ2n) is 5.11. The zero-order valence-electron chi connectivity index (χ0n) is 12.2. The Hall–Kier alpha value is -3.28. The molecule has 2 aromatic carbocycles. The van der Waals surface area contributed by atoms with Crippen molar-refractivity contribution in [2.75, 3.05) is 6.54 Å². The fraction of sp³-hybridized carbons (Fsp3) is 0.0588. The van der Waals surface area contributed by atoms with Gasteiger partial charge in [-0.05, 0) is 29.8 Å². The van der Waals surface area contributed by atoms with E-state index in [9.17, 15) is 15.0 Å². The number of carbonyl (C=O) groups is 1. The molecule has 1 heterocycles. The highest BCUT2D eigenvalue weighted by Gasteiger charge is 2.29. The van der Waals surface area contributed by atoms with Gasteiger partial charge < -0.3 is 10.2 Å². The average molecular weight is 309 g/mol. The predicted octanol–water partition coefficient (Wildman–Crippen LogP) is 2.30. The summed E-state index contributed by atoms with van der Waals surface area (Å²) in [6, 6.07) is 14.9. The Balaban J connectivity index is 1.76. The van der Waals surface area contributed by atoms with Crippen LogP contribution < -0.4 is 5.43 Å². The van der Waals surface area contributed by atoms with E-state index in [-0.39, 0.29) is 23.9 Å². The highest BCUT2D eigenvalue weighted by atomic mass is 16.3. The number of aliphatic hydroxyl groups excluding tert-OH is 1. The molecular formula is C17H15N3O3. The van der Waals surface area contributed by atoms with Crippen molar-refractivity contribution in [1.29, 1.82) is 5.41 Å². The van der Waals surface area contributed by atoms with Gasteiger partial charge in [0.25, 0.3) is 5.91 Å². The van der Waals surface area contributed by atoms with Crippen molar-refractivity contribution in [2.45, 2.75) is 0 Å². The molecule has 1 aliphatic heterocycles. The lowest BCUT2D eigenvalue weighted by Crippen LogP contribution is -2.43. The summed E-state index contributed by atoms with van der Waals surface area (Å²) in [6.45, 7) is 0.0346. The van der Waals surface area contributed by atoms with Crippen molar-refractivity contribution in [3.05, 3.63) is 71.5 Å². The van der Waals surface area contributed by atoms with E-state index in [0.717, 1.165) is 5.56 Å². The van der Waals surface area contributed by atoms with Crippen LogP contribution in [-0.4, -0.2) is 33.5 Å². The van der Waals surface area contributed by atoms with Crippen molar-refractivity contribution in [3.63, 3.8) is 0 Å². The summed E-state index contributed by atoms with van der Waals surface area (Å²) in [4.78, 5) is 12.2. The van der Waals surface area contributed by atoms with Crippen molar-refractivity contribution >= 4 is 17.3 Å². The van der Waals surface area contributed by atoms with Crippen LogP contribution in [0.1, 0.15) is 15.9 Å². The zero-order chi connectivity index (χ0) is 16.4. The Labute approximate surface area is 132 Å². The summed E-state index contributed by atoms with van der Waals surface area (Å²) in [5, 5.41) is 28.8. The monoisotopic (exact) mass is 309 g/mol. The van der Waals surface area contributed by atoms with E-state index in [1.54, 1.807) is 12.1 Å². The molecule has 0 bridgehead atoms. The maximum Gasteiger partial charge on any atom is 0.269 e. The summed E-state index contributed by atoms with van der Waals surface area (Å²) in [5.74, 6) is -0.286. The lowest BCUT2D eigenvalue weighted by Gasteiger charge is -2.19. The number of nitrogens with one attached hydrogen (secondary N) is 2. The molecule has 6 heteroatoms. The molecule has 0 saturated carbocycles. The van der Waals surface area contributed by atoms with Gasteiger partial charge in [0.2, 0.25) is 0 Å². The number of nitrogens with zero attached hydrogens (tertiary/aromatic N) is 1. The molecule has 2 aromatic rings. The molecule has 0 spiro atoms. The molecule has 1 aliphatic rings. The van der Waals surface area contributed by atoms with Gasteiger partial charge in [0.1, 0.15) is 11.5 Å². The molecule has 23 heavy (non-hydrogen) atoms. The van der Waals surface area contributed by atoms with Crippen LogP contribution in [0.3, 0.4) is 0 Å². The minimum atomic E-state index is -0.420. The molecule has 0 unspecified atom stereocenters. The van der Waals surface area contributed by atoms with Gasteiger partial charge in [0.05, 0.1) is 12.1 Å². The van der Waals surface area contributed by atoms with Crippen molar-refractivity contribution in [1.82, 2.24) is 10.4 Å². The second kappa shape index (κ2) is 5.84. The molecule has 0 aromatic heterocycles. The van der Waals surface area contributed by atoms with Gasteiger partial charge in [-0.3, -0.25) is 20.6 Å². The molecule has 0 atom stereocenters. The van der Waals surface area contributed by atoms with E-state index in [2.05, 4.69) is 5.43 Å². The first-order valence-electron chi connectivity index (χ1n) is 7.00. The van der Waals surface area contributed by atoms with Crippen molar-refractivity contribution < 1.29 is 15.0 Å². The zero-order valence-corrected chi connectivity index (χ0v) is 12.2.